The maximum atomic E-state index is 11.9. The van der Waals surface area contributed by atoms with Gasteiger partial charge < -0.3 is 15.7 Å². The Kier molecular flexibility index (Phi) is 5.59. The molecule has 2 atom stereocenters. The Morgan fingerprint density at radius 1 is 1.29 bits per heavy atom. The largest absolute Gasteiger partial charge is 0.391 e. The van der Waals surface area contributed by atoms with Crippen molar-refractivity contribution in [3.63, 3.8) is 0 Å². The average Bonchev–Trinajstić information content (AvgIpc) is 2.47. The highest BCUT2D eigenvalue weighted by Crippen LogP contribution is 2.18. The van der Waals surface area contributed by atoms with Crippen LogP contribution in [-0.2, 0) is 4.79 Å². The molecule has 0 bridgehead atoms. The number of rotatable bonds is 4. The molecule has 21 heavy (non-hydrogen) atoms. The molecule has 0 radical (unpaired) electrons. The van der Waals surface area contributed by atoms with E-state index >= 15 is 0 Å². The Bertz CT molecular complexity index is 521. The zero-order valence-electron chi connectivity index (χ0n) is 11.6. The van der Waals surface area contributed by atoms with Crippen LogP contribution in [0.4, 0.5) is 0 Å². The lowest BCUT2D eigenvalue weighted by Crippen LogP contribution is -2.48. The SMILES string of the molecule is O=C(CNC(=O)c1cccc(Cl)c1)N[C@H]1CCCC[C@@H]1O. The molecule has 0 saturated heterocycles. The van der Waals surface area contributed by atoms with Crippen LogP contribution in [0.3, 0.4) is 0 Å². The van der Waals surface area contributed by atoms with Crippen LogP contribution in [0.5, 0.6) is 0 Å². The molecule has 1 aromatic carbocycles. The van der Waals surface area contributed by atoms with E-state index in [0.29, 0.717) is 17.0 Å². The molecule has 3 N–H and O–H groups in total. The molecule has 1 aliphatic carbocycles. The first-order valence-corrected chi connectivity index (χ1v) is 7.45. The Balaban J connectivity index is 1.79. The first-order valence-electron chi connectivity index (χ1n) is 7.07. The molecule has 2 amide bonds. The van der Waals surface area contributed by atoms with Crippen LogP contribution in [0.1, 0.15) is 36.0 Å². The van der Waals surface area contributed by atoms with Gasteiger partial charge in [-0.25, -0.2) is 0 Å². The van der Waals surface area contributed by atoms with E-state index in [1.54, 1.807) is 24.3 Å². The topological polar surface area (TPSA) is 78.4 Å². The number of carbonyl (C=O) groups is 2. The second-order valence-electron chi connectivity index (χ2n) is 5.22. The van der Waals surface area contributed by atoms with Crippen molar-refractivity contribution < 1.29 is 14.7 Å². The van der Waals surface area contributed by atoms with E-state index in [0.717, 1.165) is 19.3 Å². The molecule has 1 aliphatic rings. The summed E-state index contributed by atoms with van der Waals surface area (Å²) in [5, 5.41) is 15.6. The van der Waals surface area contributed by atoms with Gasteiger partial charge in [-0.05, 0) is 31.0 Å². The van der Waals surface area contributed by atoms with Gasteiger partial charge in [-0.2, -0.15) is 0 Å². The van der Waals surface area contributed by atoms with Crippen LogP contribution in [0.25, 0.3) is 0 Å². The highest BCUT2D eigenvalue weighted by molar-refractivity contribution is 6.30. The number of halogens is 1. The number of amides is 2. The van der Waals surface area contributed by atoms with Gasteiger partial charge in [-0.1, -0.05) is 30.5 Å². The number of hydrogen-bond donors (Lipinski definition) is 3. The first-order chi connectivity index (χ1) is 10.1. The third-order valence-corrected chi connectivity index (χ3v) is 3.81. The fraction of sp³-hybridized carbons (Fsp3) is 0.467. The van der Waals surface area contributed by atoms with E-state index in [1.165, 1.54) is 0 Å². The molecule has 6 heteroatoms. The Labute approximate surface area is 128 Å². The van der Waals surface area contributed by atoms with E-state index in [1.807, 2.05) is 0 Å². The molecule has 0 heterocycles. The maximum Gasteiger partial charge on any atom is 0.251 e. The van der Waals surface area contributed by atoms with Crippen molar-refractivity contribution in [2.24, 2.45) is 0 Å². The van der Waals surface area contributed by atoms with Gasteiger partial charge in [0.25, 0.3) is 5.91 Å². The minimum Gasteiger partial charge on any atom is -0.391 e. The number of nitrogens with one attached hydrogen (secondary N) is 2. The van der Waals surface area contributed by atoms with Gasteiger partial charge >= 0.3 is 0 Å². The van der Waals surface area contributed by atoms with Crippen LogP contribution >= 0.6 is 11.6 Å². The summed E-state index contributed by atoms with van der Waals surface area (Å²) in [4.78, 5) is 23.7. The minimum atomic E-state index is -0.494. The standard InChI is InChI=1S/C15H19ClN2O3/c16-11-5-3-4-10(8-11)15(21)17-9-14(20)18-12-6-1-2-7-13(12)19/h3-5,8,12-13,19H,1-2,6-7,9H2,(H,17,21)(H,18,20)/t12-,13-/m0/s1. The normalized spacial score (nSPS) is 21.6. The highest BCUT2D eigenvalue weighted by atomic mass is 35.5. The van der Waals surface area contributed by atoms with Crippen molar-refractivity contribution in [1.29, 1.82) is 0 Å². The monoisotopic (exact) mass is 310 g/mol. The summed E-state index contributed by atoms with van der Waals surface area (Å²) >= 11 is 5.81. The highest BCUT2D eigenvalue weighted by Gasteiger charge is 2.24. The molecule has 0 spiro atoms. The predicted molar refractivity (Wildman–Crippen MR) is 80.2 cm³/mol. The van der Waals surface area contributed by atoms with Gasteiger partial charge in [0.15, 0.2) is 0 Å². The number of benzene rings is 1. The van der Waals surface area contributed by atoms with Crippen LogP contribution in [0.15, 0.2) is 24.3 Å². The number of carbonyl (C=O) groups excluding carboxylic acids is 2. The molecular formula is C15H19ClN2O3. The van der Waals surface area contributed by atoms with Crippen LogP contribution < -0.4 is 10.6 Å². The Hall–Kier alpha value is -1.59. The molecule has 0 aromatic heterocycles. The second kappa shape index (κ2) is 7.43. The third-order valence-electron chi connectivity index (χ3n) is 3.57. The number of aliphatic hydroxyl groups excluding tert-OH is 1. The van der Waals surface area contributed by atoms with E-state index in [-0.39, 0.29) is 24.4 Å². The summed E-state index contributed by atoms with van der Waals surface area (Å²) in [6, 6.07) is 6.31. The summed E-state index contributed by atoms with van der Waals surface area (Å²) in [5.74, 6) is -0.645. The molecule has 5 nitrogen and oxygen atoms in total. The van der Waals surface area contributed by atoms with Crippen LogP contribution in [-0.4, -0.2) is 35.6 Å². The predicted octanol–water partition coefficient (Wildman–Crippen LogP) is 1.49. The van der Waals surface area contributed by atoms with Gasteiger partial charge in [-0.3, -0.25) is 9.59 Å². The zero-order chi connectivity index (χ0) is 15.2. The third kappa shape index (κ3) is 4.72. The van der Waals surface area contributed by atoms with E-state index in [2.05, 4.69) is 10.6 Å². The van der Waals surface area contributed by atoms with Crippen molar-refractivity contribution in [2.75, 3.05) is 6.54 Å². The average molecular weight is 311 g/mol. The molecule has 1 fully saturated rings. The molecule has 1 saturated carbocycles. The van der Waals surface area contributed by atoms with Crippen LogP contribution in [0.2, 0.25) is 5.02 Å². The number of hydrogen-bond acceptors (Lipinski definition) is 3. The Morgan fingerprint density at radius 2 is 2.05 bits per heavy atom. The fourth-order valence-corrected chi connectivity index (χ4v) is 2.62. The van der Waals surface area contributed by atoms with Crippen molar-refractivity contribution >= 4 is 23.4 Å². The van der Waals surface area contributed by atoms with Gasteiger partial charge in [0.2, 0.25) is 5.91 Å². The van der Waals surface area contributed by atoms with E-state index < -0.39 is 6.10 Å². The summed E-state index contributed by atoms with van der Waals surface area (Å²) in [7, 11) is 0. The molecule has 0 aliphatic heterocycles. The molecule has 114 valence electrons. The van der Waals surface area contributed by atoms with Gasteiger partial charge in [0.1, 0.15) is 0 Å². The van der Waals surface area contributed by atoms with E-state index in [9.17, 15) is 14.7 Å². The van der Waals surface area contributed by atoms with E-state index in [4.69, 9.17) is 11.6 Å². The molecule has 1 aromatic rings. The van der Waals surface area contributed by atoms with Crippen molar-refractivity contribution in [3.05, 3.63) is 34.9 Å². The summed E-state index contributed by atoms with van der Waals surface area (Å²) in [6.07, 6.45) is 2.97. The van der Waals surface area contributed by atoms with Crippen molar-refractivity contribution in [2.45, 2.75) is 37.8 Å². The van der Waals surface area contributed by atoms with Crippen LogP contribution in [0, 0.1) is 0 Å². The lowest BCUT2D eigenvalue weighted by molar-refractivity contribution is -0.122. The molecule has 2 rings (SSSR count). The summed E-state index contributed by atoms with van der Waals surface area (Å²) in [6.45, 7) is -0.117. The fourth-order valence-electron chi connectivity index (χ4n) is 2.43. The van der Waals surface area contributed by atoms with Gasteiger partial charge in [0.05, 0.1) is 18.7 Å². The zero-order valence-corrected chi connectivity index (χ0v) is 12.4. The Morgan fingerprint density at radius 3 is 2.76 bits per heavy atom. The summed E-state index contributed by atoms with van der Waals surface area (Å²) < 4.78 is 0. The van der Waals surface area contributed by atoms with Crippen molar-refractivity contribution in [1.82, 2.24) is 10.6 Å². The smallest absolute Gasteiger partial charge is 0.251 e. The quantitative estimate of drug-likeness (QED) is 0.788. The minimum absolute atomic E-state index is 0.117. The second-order valence-corrected chi connectivity index (χ2v) is 5.66. The lowest BCUT2D eigenvalue weighted by atomic mass is 9.92. The van der Waals surface area contributed by atoms with Crippen molar-refractivity contribution in [3.8, 4) is 0 Å². The first kappa shape index (κ1) is 15.8. The molecule has 0 unspecified atom stereocenters. The van der Waals surface area contributed by atoms with Gasteiger partial charge in [-0.15, -0.1) is 0 Å². The van der Waals surface area contributed by atoms with Gasteiger partial charge in [0, 0.05) is 10.6 Å². The molecular weight excluding hydrogens is 292 g/mol. The number of aliphatic hydroxyl groups is 1. The lowest BCUT2D eigenvalue weighted by Gasteiger charge is -2.28. The summed E-state index contributed by atoms with van der Waals surface area (Å²) in [5.41, 5.74) is 0.410. The maximum absolute atomic E-state index is 11.9.